The van der Waals surface area contributed by atoms with Crippen molar-refractivity contribution in [1.82, 2.24) is 14.9 Å². The van der Waals surface area contributed by atoms with E-state index in [-0.39, 0.29) is 11.4 Å². The SMILES string of the molecule is Cc1c[nH]c(=O)cc1C.Fc1cc2c(nc1CN1CCCCC1)OCC2. The molecule has 5 nitrogen and oxygen atoms in total. The molecule has 4 heterocycles. The molecule has 1 saturated heterocycles. The summed E-state index contributed by atoms with van der Waals surface area (Å²) in [6.07, 6.45) is 6.22. The van der Waals surface area contributed by atoms with Crippen molar-refractivity contribution in [2.24, 2.45) is 0 Å². The van der Waals surface area contributed by atoms with Gasteiger partial charge in [0.1, 0.15) is 5.82 Å². The molecule has 0 aliphatic carbocycles. The normalized spacial score (nSPS) is 16.4. The van der Waals surface area contributed by atoms with Gasteiger partial charge in [-0.15, -0.1) is 0 Å². The Labute approximate surface area is 153 Å². The van der Waals surface area contributed by atoms with E-state index >= 15 is 0 Å². The van der Waals surface area contributed by atoms with Crippen LogP contribution in [0.1, 0.15) is 41.6 Å². The highest BCUT2D eigenvalue weighted by atomic mass is 19.1. The molecule has 1 fully saturated rings. The quantitative estimate of drug-likeness (QED) is 0.895. The number of hydrogen-bond donors (Lipinski definition) is 1. The fraction of sp³-hybridized carbons (Fsp3) is 0.500. The minimum atomic E-state index is -0.181. The number of halogens is 1. The van der Waals surface area contributed by atoms with Crippen molar-refractivity contribution < 1.29 is 9.13 Å². The van der Waals surface area contributed by atoms with Gasteiger partial charge in [0, 0.05) is 30.8 Å². The molecule has 2 aromatic heterocycles. The Morgan fingerprint density at radius 1 is 1.19 bits per heavy atom. The molecule has 26 heavy (non-hydrogen) atoms. The first-order valence-electron chi connectivity index (χ1n) is 9.22. The molecule has 2 aromatic rings. The lowest BCUT2D eigenvalue weighted by Crippen LogP contribution is -2.29. The van der Waals surface area contributed by atoms with E-state index in [4.69, 9.17) is 4.74 Å². The van der Waals surface area contributed by atoms with Crippen LogP contribution >= 0.6 is 0 Å². The van der Waals surface area contributed by atoms with E-state index in [0.717, 1.165) is 36.2 Å². The summed E-state index contributed by atoms with van der Waals surface area (Å²) in [5.74, 6) is 0.457. The molecule has 0 saturated carbocycles. The Bertz CT molecular complexity index is 813. The average Bonchev–Trinajstić information content (AvgIpc) is 3.07. The maximum absolute atomic E-state index is 13.9. The van der Waals surface area contributed by atoms with E-state index in [9.17, 15) is 9.18 Å². The van der Waals surface area contributed by atoms with Gasteiger partial charge in [0.05, 0.1) is 12.3 Å². The number of hydrogen-bond acceptors (Lipinski definition) is 4. The van der Waals surface area contributed by atoms with Gasteiger partial charge in [-0.2, -0.15) is 0 Å². The summed E-state index contributed by atoms with van der Waals surface area (Å²) in [7, 11) is 0. The van der Waals surface area contributed by atoms with E-state index in [2.05, 4.69) is 14.9 Å². The topological polar surface area (TPSA) is 58.2 Å². The zero-order chi connectivity index (χ0) is 18.5. The van der Waals surface area contributed by atoms with Crippen molar-refractivity contribution in [2.45, 2.75) is 46.1 Å². The smallest absolute Gasteiger partial charge is 0.248 e. The molecular weight excluding hydrogens is 333 g/mol. The van der Waals surface area contributed by atoms with Crippen molar-refractivity contribution in [1.29, 1.82) is 0 Å². The second-order valence-electron chi connectivity index (χ2n) is 6.98. The number of aromatic amines is 1. The van der Waals surface area contributed by atoms with Crippen LogP contribution in [0.15, 0.2) is 23.1 Å². The number of aryl methyl sites for hydroxylation is 2. The van der Waals surface area contributed by atoms with Crippen LogP contribution in [0.4, 0.5) is 4.39 Å². The van der Waals surface area contributed by atoms with Gasteiger partial charge in [0.15, 0.2) is 0 Å². The first kappa shape index (κ1) is 18.6. The van der Waals surface area contributed by atoms with Crippen molar-refractivity contribution in [2.75, 3.05) is 19.7 Å². The molecule has 2 aliphatic heterocycles. The third-order valence-electron chi connectivity index (χ3n) is 4.92. The molecule has 0 bridgehead atoms. The molecule has 1 N–H and O–H groups in total. The summed E-state index contributed by atoms with van der Waals surface area (Å²) in [5, 5.41) is 0. The standard InChI is InChI=1S/C13H17FN2O.C7H9NO/c14-11-8-10-4-7-17-13(10)15-12(11)9-16-5-2-1-3-6-16;1-5-3-7(9)8-4-6(5)2/h8H,1-7,9H2;3-4H,1-2H3,(H,8,9). The van der Waals surface area contributed by atoms with Crippen LogP contribution in [0.2, 0.25) is 0 Å². The minimum Gasteiger partial charge on any atom is -0.477 e. The highest BCUT2D eigenvalue weighted by Gasteiger charge is 2.20. The van der Waals surface area contributed by atoms with Crippen LogP contribution in [-0.4, -0.2) is 34.6 Å². The lowest BCUT2D eigenvalue weighted by atomic mass is 10.1. The monoisotopic (exact) mass is 359 g/mol. The number of nitrogens with one attached hydrogen (secondary N) is 1. The minimum absolute atomic E-state index is 0.0295. The molecule has 0 aromatic carbocycles. The van der Waals surface area contributed by atoms with Crippen molar-refractivity contribution >= 4 is 0 Å². The van der Waals surface area contributed by atoms with Crippen LogP contribution < -0.4 is 10.3 Å². The Morgan fingerprint density at radius 3 is 2.65 bits per heavy atom. The second kappa shape index (κ2) is 8.45. The summed E-state index contributed by atoms with van der Waals surface area (Å²) in [6, 6.07) is 3.18. The molecule has 6 heteroatoms. The number of rotatable bonds is 2. The number of likely N-dealkylation sites (tertiary alicyclic amines) is 1. The van der Waals surface area contributed by atoms with Gasteiger partial charge < -0.3 is 9.72 Å². The molecule has 0 radical (unpaired) electrons. The zero-order valence-corrected chi connectivity index (χ0v) is 15.5. The van der Waals surface area contributed by atoms with Crippen LogP contribution in [0, 0.1) is 19.7 Å². The van der Waals surface area contributed by atoms with Crippen LogP contribution in [-0.2, 0) is 13.0 Å². The second-order valence-corrected chi connectivity index (χ2v) is 6.98. The maximum atomic E-state index is 13.9. The summed E-state index contributed by atoms with van der Waals surface area (Å²) >= 11 is 0. The molecular formula is C20H26FN3O2. The number of H-pyrrole nitrogens is 1. The Balaban J connectivity index is 0.000000185. The molecule has 4 rings (SSSR count). The van der Waals surface area contributed by atoms with Crippen LogP contribution in [0.3, 0.4) is 0 Å². The molecule has 0 atom stereocenters. The van der Waals surface area contributed by atoms with Crippen molar-refractivity contribution in [3.8, 4) is 5.88 Å². The first-order valence-corrected chi connectivity index (χ1v) is 9.22. The zero-order valence-electron chi connectivity index (χ0n) is 15.5. The van der Waals surface area contributed by atoms with Crippen LogP contribution in [0.25, 0.3) is 0 Å². The predicted molar refractivity (Wildman–Crippen MR) is 99.1 cm³/mol. The third kappa shape index (κ3) is 4.69. The number of pyridine rings is 2. The number of ether oxygens (including phenoxy) is 1. The number of aromatic nitrogens is 2. The van der Waals surface area contributed by atoms with Gasteiger partial charge >= 0.3 is 0 Å². The van der Waals surface area contributed by atoms with Gasteiger partial charge in [-0.05, 0) is 57.0 Å². The number of nitrogens with zero attached hydrogens (tertiary/aromatic N) is 2. The van der Waals surface area contributed by atoms with Crippen molar-refractivity contribution in [3.63, 3.8) is 0 Å². The fourth-order valence-electron chi connectivity index (χ4n) is 3.19. The first-order chi connectivity index (χ1) is 12.5. The van der Waals surface area contributed by atoms with Gasteiger partial charge in [-0.25, -0.2) is 9.37 Å². The predicted octanol–water partition coefficient (Wildman–Crippen LogP) is 3.13. The van der Waals surface area contributed by atoms with Gasteiger partial charge in [0.25, 0.3) is 0 Å². The van der Waals surface area contributed by atoms with E-state index in [1.807, 2.05) is 13.8 Å². The highest BCUT2D eigenvalue weighted by molar-refractivity contribution is 5.32. The summed E-state index contributed by atoms with van der Waals surface area (Å²) in [6.45, 7) is 7.24. The van der Waals surface area contributed by atoms with E-state index in [0.29, 0.717) is 24.7 Å². The van der Waals surface area contributed by atoms with Gasteiger partial charge in [0.2, 0.25) is 11.4 Å². The van der Waals surface area contributed by atoms with Gasteiger partial charge in [-0.3, -0.25) is 9.69 Å². The Morgan fingerprint density at radius 2 is 1.96 bits per heavy atom. The molecule has 0 unspecified atom stereocenters. The molecule has 140 valence electrons. The maximum Gasteiger partial charge on any atom is 0.248 e. The lowest BCUT2D eigenvalue weighted by Gasteiger charge is -2.26. The van der Waals surface area contributed by atoms with Gasteiger partial charge in [-0.1, -0.05) is 6.42 Å². The Hall–Kier alpha value is -2.21. The average molecular weight is 359 g/mol. The molecule has 0 amide bonds. The molecule has 0 spiro atoms. The summed E-state index contributed by atoms with van der Waals surface area (Å²) in [5.41, 5.74) is 3.57. The Kier molecular flexibility index (Phi) is 6.04. The van der Waals surface area contributed by atoms with Crippen molar-refractivity contribution in [3.05, 3.63) is 56.9 Å². The fourth-order valence-corrected chi connectivity index (χ4v) is 3.19. The molecule has 2 aliphatic rings. The number of piperidine rings is 1. The van der Waals surface area contributed by atoms with Crippen LogP contribution in [0.5, 0.6) is 5.88 Å². The lowest BCUT2D eigenvalue weighted by molar-refractivity contribution is 0.214. The largest absolute Gasteiger partial charge is 0.477 e. The van der Waals surface area contributed by atoms with E-state index in [1.54, 1.807) is 18.3 Å². The van der Waals surface area contributed by atoms with E-state index in [1.165, 1.54) is 19.3 Å². The van der Waals surface area contributed by atoms with E-state index < -0.39 is 0 Å². The number of fused-ring (bicyclic) bond motifs is 1. The summed E-state index contributed by atoms with van der Waals surface area (Å²) in [4.78, 5) is 19.8. The summed E-state index contributed by atoms with van der Waals surface area (Å²) < 4.78 is 19.2. The highest BCUT2D eigenvalue weighted by Crippen LogP contribution is 2.25. The third-order valence-corrected chi connectivity index (χ3v) is 4.92.